The van der Waals surface area contributed by atoms with E-state index in [0.717, 1.165) is 6.41 Å². The number of piperazine rings is 1. The highest BCUT2D eigenvalue weighted by atomic mass is 32.2. The van der Waals surface area contributed by atoms with E-state index in [1.54, 1.807) is 22.8 Å². The summed E-state index contributed by atoms with van der Waals surface area (Å²) in [5, 5.41) is 0. The summed E-state index contributed by atoms with van der Waals surface area (Å²) in [6.45, 7) is 6.50. The van der Waals surface area contributed by atoms with Crippen molar-refractivity contribution >= 4 is 28.0 Å². The molecule has 1 aromatic heterocycles. The van der Waals surface area contributed by atoms with E-state index >= 15 is 0 Å². The molecule has 2 amide bonds. The Morgan fingerprint density at radius 2 is 2.00 bits per heavy atom. The molecule has 148 valence electrons. The number of hydrogen-bond donors (Lipinski definition) is 0. The summed E-state index contributed by atoms with van der Waals surface area (Å²) in [5.41, 5.74) is 0.279. The van der Waals surface area contributed by atoms with Crippen molar-refractivity contribution in [2.24, 2.45) is 0 Å². The second-order valence-electron chi connectivity index (χ2n) is 6.94. The summed E-state index contributed by atoms with van der Waals surface area (Å²) in [4.78, 5) is 38.0. The number of anilines is 1. The fraction of sp³-hybridized carbons (Fsp3) is 0.647. The second kappa shape index (κ2) is 7.79. The van der Waals surface area contributed by atoms with Crippen LogP contribution in [-0.2, 0) is 14.6 Å². The zero-order valence-corrected chi connectivity index (χ0v) is 16.5. The van der Waals surface area contributed by atoms with Crippen LogP contribution in [0, 0.1) is 6.92 Å². The van der Waals surface area contributed by atoms with E-state index in [1.165, 1.54) is 0 Å². The minimum atomic E-state index is -3.08. The molecule has 2 fully saturated rings. The van der Waals surface area contributed by atoms with Crippen molar-refractivity contribution in [3.05, 3.63) is 17.6 Å². The molecule has 27 heavy (non-hydrogen) atoms. The first-order valence-corrected chi connectivity index (χ1v) is 11.0. The van der Waals surface area contributed by atoms with Gasteiger partial charge in [0.1, 0.15) is 17.3 Å². The third-order valence-electron chi connectivity index (χ3n) is 5.08. The molecular weight excluding hydrogens is 370 g/mol. The maximum atomic E-state index is 13.0. The first kappa shape index (κ1) is 19.5. The van der Waals surface area contributed by atoms with Crippen molar-refractivity contribution in [3.8, 4) is 0 Å². The highest BCUT2D eigenvalue weighted by Gasteiger charge is 2.35. The molecule has 0 N–H and O–H groups in total. The van der Waals surface area contributed by atoms with Gasteiger partial charge in [0.05, 0.1) is 11.5 Å². The number of aryl methyl sites for hydroxylation is 1. The van der Waals surface area contributed by atoms with Crippen LogP contribution < -0.4 is 4.90 Å². The van der Waals surface area contributed by atoms with E-state index in [4.69, 9.17) is 0 Å². The van der Waals surface area contributed by atoms with Crippen molar-refractivity contribution in [1.82, 2.24) is 19.8 Å². The fourth-order valence-corrected chi connectivity index (χ4v) is 5.35. The number of amides is 2. The van der Waals surface area contributed by atoms with E-state index in [9.17, 15) is 18.0 Å². The Morgan fingerprint density at radius 1 is 1.30 bits per heavy atom. The Kier molecular flexibility index (Phi) is 5.64. The molecule has 0 bridgehead atoms. The Balaban J connectivity index is 1.80. The number of aromatic nitrogens is 2. The molecule has 9 nitrogen and oxygen atoms in total. The minimum absolute atomic E-state index is 0.0111. The third-order valence-corrected chi connectivity index (χ3v) is 6.83. The van der Waals surface area contributed by atoms with Crippen LogP contribution in [0.4, 0.5) is 5.82 Å². The van der Waals surface area contributed by atoms with Gasteiger partial charge in [0, 0.05) is 44.8 Å². The van der Waals surface area contributed by atoms with Crippen molar-refractivity contribution in [2.75, 3.05) is 49.1 Å². The Morgan fingerprint density at radius 3 is 2.56 bits per heavy atom. The first-order valence-electron chi connectivity index (χ1n) is 9.14. The zero-order valence-electron chi connectivity index (χ0n) is 15.7. The van der Waals surface area contributed by atoms with Gasteiger partial charge in [0.2, 0.25) is 6.41 Å². The van der Waals surface area contributed by atoms with Gasteiger partial charge in [-0.1, -0.05) is 0 Å². The largest absolute Gasteiger partial charge is 0.353 e. The van der Waals surface area contributed by atoms with E-state index < -0.39 is 9.84 Å². The van der Waals surface area contributed by atoms with E-state index in [1.807, 2.05) is 11.8 Å². The molecule has 2 aliphatic rings. The molecule has 3 heterocycles. The lowest BCUT2D eigenvalue weighted by atomic mass is 10.2. The van der Waals surface area contributed by atoms with Crippen molar-refractivity contribution in [2.45, 2.75) is 26.3 Å². The quantitative estimate of drug-likeness (QED) is 0.631. The van der Waals surface area contributed by atoms with Gasteiger partial charge in [-0.05, 0) is 20.3 Å². The topological polar surface area (TPSA) is 104 Å². The molecule has 2 saturated heterocycles. The molecule has 1 unspecified atom stereocenters. The number of hydrogen-bond acceptors (Lipinski definition) is 7. The number of rotatable bonds is 5. The van der Waals surface area contributed by atoms with Gasteiger partial charge >= 0.3 is 0 Å². The summed E-state index contributed by atoms with van der Waals surface area (Å²) in [6, 6.07) is 1.36. The van der Waals surface area contributed by atoms with Gasteiger partial charge in [-0.2, -0.15) is 0 Å². The van der Waals surface area contributed by atoms with Gasteiger partial charge in [0.15, 0.2) is 9.84 Å². The van der Waals surface area contributed by atoms with Gasteiger partial charge in [-0.15, -0.1) is 0 Å². The van der Waals surface area contributed by atoms with Gasteiger partial charge in [-0.3, -0.25) is 9.59 Å². The predicted octanol–water partition coefficient (Wildman–Crippen LogP) is -0.287. The lowest BCUT2D eigenvalue weighted by molar-refractivity contribution is -0.118. The molecule has 1 aromatic rings. The summed E-state index contributed by atoms with van der Waals surface area (Å²) in [6.07, 6.45) is 1.30. The van der Waals surface area contributed by atoms with Crippen LogP contribution in [0.1, 0.15) is 29.7 Å². The van der Waals surface area contributed by atoms with E-state index in [-0.39, 0.29) is 29.1 Å². The molecule has 0 aliphatic carbocycles. The molecule has 0 spiro atoms. The monoisotopic (exact) mass is 395 g/mol. The molecule has 1 atom stereocenters. The highest BCUT2D eigenvalue weighted by Crippen LogP contribution is 2.21. The Hall–Kier alpha value is -2.23. The Labute approximate surface area is 159 Å². The van der Waals surface area contributed by atoms with Crippen LogP contribution in [0.2, 0.25) is 0 Å². The summed E-state index contributed by atoms with van der Waals surface area (Å²) >= 11 is 0. The maximum Gasteiger partial charge on any atom is 0.272 e. The highest BCUT2D eigenvalue weighted by molar-refractivity contribution is 7.91. The SMILES string of the molecule is CCN(C(=O)c1cc(N2CCN(C=O)CC2)nc(C)n1)C1CCS(=O)(=O)C1. The smallest absolute Gasteiger partial charge is 0.272 e. The summed E-state index contributed by atoms with van der Waals surface area (Å²) in [7, 11) is -3.08. The molecule has 0 radical (unpaired) electrons. The number of carbonyl (C=O) groups is 2. The van der Waals surface area contributed by atoms with Crippen molar-refractivity contribution in [3.63, 3.8) is 0 Å². The van der Waals surface area contributed by atoms with Gasteiger partial charge in [-0.25, -0.2) is 18.4 Å². The average Bonchev–Trinajstić information content (AvgIpc) is 3.01. The van der Waals surface area contributed by atoms with E-state index in [0.29, 0.717) is 50.8 Å². The molecular formula is C17H25N5O4S. The molecule has 10 heteroatoms. The standard InChI is InChI=1S/C17H25N5O4S/c1-3-22(14-4-9-27(25,26)11-14)17(24)15-10-16(19-13(2)18-15)21-7-5-20(12-23)6-8-21/h10,12,14H,3-9,11H2,1-2H3. The normalized spacial score (nSPS) is 21.9. The minimum Gasteiger partial charge on any atom is -0.353 e. The fourth-order valence-electron chi connectivity index (χ4n) is 3.62. The zero-order chi connectivity index (χ0) is 19.6. The summed E-state index contributed by atoms with van der Waals surface area (Å²) < 4.78 is 23.6. The van der Waals surface area contributed by atoms with Gasteiger partial charge in [0.25, 0.3) is 5.91 Å². The molecule has 0 saturated carbocycles. The molecule has 2 aliphatic heterocycles. The third kappa shape index (κ3) is 4.37. The van der Waals surface area contributed by atoms with Crippen molar-refractivity contribution in [1.29, 1.82) is 0 Å². The Bertz CT molecular complexity index is 821. The van der Waals surface area contributed by atoms with Crippen LogP contribution in [0.5, 0.6) is 0 Å². The van der Waals surface area contributed by atoms with Gasteiger partial charge < -0.3 is 14.7 Å². The molecule has 3 rings (SSSR count). The van der Waals surface area contributed by atoms with Crippen molar-refractivity contribution < 1.29 is 18.0 Å². The van der Waals surface area contributed by atoms with Crippen LogP contribution >= 0.6 is 0 Å². The lowest BCUT2D eigenvalue weighted by Crippen LogP contribution is -2.46. The van der Waals surface area contributed by atoms with Crippen LogP contribution in [0.15, 0.2) is 6.07 Å². The average molecular weight is 395 g/mol. The van der Waals surface area contributed by atoms with Crippen LogP contribution in [0.3, 0.4) is 0 Å². The number of nitrogens with zero attached hydrogens (tertiary/aromatic N) is 5. The van der Waals surface area contributed by atoms with Crippen LogP contribution in [0.25, 0.3) is 0 Å². The number of carbonyl (C=O) groups excluding carboxylic acids is 2. The van der Waals surface area contributed by atoms with E-state index in [2.05, 4.69) is 9.97 Å². The van der Waals surface area contributed by atoms with Crippen LogP contribution in [-0.4, -0.2) is 90.8 Å². The first-order chi connectivity index (χ1) is 12.8. The number of sulfone groups is 1. The summed E-state index contributed by atoms with van der Waals surface area (Å²) in [5.74, 6) is 1.02. The molecule has 0 aromatic carbocycles. The second-order valence-corrected chi connectivity index (χ2v) is 9.16. The maximum absolute atomic E-state index is 13.0. The lowest BCUT2D eigenvalue weighted by Gasteiger charge is -2.33. The predicted molar refractivity (Wildman–Crippen MR) is 100 cm³/mol.